The van der Waals surface area contributed by atoms with Crippen molar-refractivity contribution >= 4 is 35.4 Å². The molecule has 0 saturated heterocycles. The molecule has 13 nitrogen and oxygen atoms in total. The summed E-state index contributed by atoms with van der Waals surface area (Å²) >= 11 is 0. The number of carbonyl (C=O) groups is 4. The van der Waals surface area contributed by atoms with Crippen LogP contribution in [0.3, 0.4) is 0 Å². The van der Waals surface area contributed by atoms with Gasteiger partial charge in [-0.1, -0.05) is 24.3 Å². The summed E-state index contributed by atoms with van der Waals surface area (Å²) in [6.45, 7) is 0.0442. The Kier molecular flexibility index (Phi) is 10.1. The molecule has 0 aliphatic carbocycles. The van der Waals surface area contributed by atoms with Crippen LogP contribution in [0.5, 0.6) is 5.75 Å². The standard InChI is InChI=1S/C24H28N6O7/c25-21(26)16-6-5-15(9-18(31)23(35)36)19(10-16)37-12-17(7-8-20(32)33)30-22(34)14-3-1-13(2-4-14)11-29-24(27)28/h1-6,10,17H,7-9,11-12H2,(H3,25,26)(H,30,34)(H,32,33)(H,35,36)(H4,27,28,29)/t17-/m1/s1. The van der Waals surface area contributed by atoms with E-state index < -0.39 is 36.1 Å². The molecule has 13 heteroatoms. The van der Waals surface area contributed by atoms with E-state index in [1.807, 2.05) is 0 Å². The zero-order valence-electron chi connectivity index (χ0n) is 19.8. The number of guanidine groups is 1. The maximum Gasteiger partial charge on any atom is 0.372 e. The van der Waals surface area contributed by atoms with Gasteiger partial charge in [-0.05, 0) is 30.2 Å². The number of hydrogen-bond acceptors (Lipinski definition) is 7. The van der Waals surface area contributed by atoms with Crippen molar-refractivity contribution in [1.29, 1.82) is 5.41 Å². The number of amidine groups is 1. The normalized spacial score (nSPS) is 11.1. The summed E-state index contributed by atoms with van der Waals surface area (Å²) in [5.41, 5.74) is 17.7. The Labute approximate surface area is 211 Å². The zero-order chi connectivity index (χ0) is 27.5. The SMILES string of the molecule is N=C(N)c1ccc(CC(=O)C(=O)O)c(OC[C@@H](CCC(=O)O)NC(=O)c2ccc(CN=C(N)N)cc2)c1. The van der Waals surface area contributed by atoms with Crippen molar-refractivity contribution in [1.82, 2.24) is 5.32 Å². The Balaban J connectivity index is 2.19. The predicted octanol–water partition coefficient (Wildman–Crippen LogP) is -0.0175. The van der Waals surface area contributed by atoms with Crippen LogP contribution < -0.4 is 27.3 Å². The van der Waals surface area contributed by atoms with Crippen LogP contribution in [-0.4, -0.2) is 58.3 Å². The molecule has 0 aliphatic heterocycles. The average Bonchev–Trinajstić information content (AvgIpc) is 2.84. The van der Waals surface area contributed by atoms with Gasteiger partial charge in [0.05, 0.1) is 12.6 Å². The molecule has 0 unspecified atom stereocenters. The first kappa shape index (κ1) is 28.3. The minimum atomic E-state index is -1.61. The van der Waals surface area contributed by atoms with Gasteiger partial charge in [0.25, 0.3) is 5.91 Å². The Morgan fingerprint density at radius 3 is 2.22 bits per heavy atom. The summed E-state index contributed by atoms with van der Waals surface area (Å²) in [5, 5.41) is 28.4. The highest BCUT2D eigenvalue weighted by molar-refractivity contribution is 6.33. The molecule has 0 heterocycles. The second-order valence-corrected chi connectivity index (χ2v) is 7.99. The largest absolute Gasteiger partial charge is 0.491 e. The highest BCUT2D eigenvalue weighted by Crippen LogP contribution is 2.22. The fraction of sp³-hybridized carbons (Fsp3) is 0.250. The fourth-order valence-corrected chi connectivity index (χ4v) is 3.15. The van der Waals surface area contributed by atoms with Gasteiger partial charge >= 0.3 is 11.9 Å². The van der Waals surface area contributed by atoms with Crippen LogP contribution in [0.25, 0.3) is 0 Å². The molecule has 0 radical (unpaired) electrons. The third-order valence-corrected chi connectivity index (χ3v) is 5.11. The van der Waals surface area contributed by atoms with Crippen LogP contribution in [0.2, 0.25) is 0 Å². The first-order valence-corrected chi connectivity index (χ1v) is 11.0. The molecule has 1 amide bonds. The van der Waals surface area contributed by atoms with Gasteiger partial charge in [-0.2, -0.15) is 0 Å². The molecular weight excluding hydrogens is 484 g/mol. The van der Waals surface area contributed by atoms with Crippen molar-refractivity contribution in [2.75, 3.05) is 6.61 Å². The number of ether oxygens (including phenoxy) is 1. The molecule has 0 bridgehead atoms. The monoisotopic (exact) mass is 512 g/mol. The number of nitrogen functional groups attached to an aromatic ring is 1. The summed E-state index contributed by atoms with van der Waals surface area (Å²) < 4.78 is 5.77. The Bertz CT molecular complexity index is 1210. The number of aliphatic imine (C=N–C) groups is 1. The molecule has 196 valence electrons. The maximum absolute atomic E-state index is 12.8. The van der Waals surface area contributed by atoms with Gasteiger partial charge in [-0.25, -0.2) is 9.79 Å². The molecule has 1 atom stereocenters. The lowest BCUT2D eigenvalue weighted by Gasteiger charge is -2.20. The van der Waals surface area contributed by atoms with Crippen LogP contribution >= 0.6 is 0 Å². The lowest BCUT2D eigenvalue weighted by atomic mass is 10.0. The number of carboxylic acid groups (broad SMARTS) is 2. The van der Waals surface area contributed by atoms with E-state index in [-0.39, 0.29) is 54.7 Å². The van der Waals surface area contributed by atoms with Gasteiger partial charge in [-0.3, -0.25) is 19.8 Å². The van der Waals surface area contributed by atoms with E-state index in [0.29, 0.717) is 5.56 Å². The molecule has 0 fully saturated rings. The number of nitrogens with two attached hydrogens (primary N) is 3. The van der Waals surface area contributed by atoms with Gasteiger partial charge in [0.1, 0.15) is 18.2 Å². The molecule has 10 N–H and O–H groups in total. The van der Waals surface area contributed by atoms with Crippen LogP contribution in [0, 0.1) is 5.41 Å². The summed E-state index contributed by atoms with van der Waals surface area (Å²) in [5.74, 6) is -4.49. The molecule has 2 rings (SSSR count). The maximum atomic E-state index is 12.8. The van der Waals surface area contributed by atoms with Crippen LogP contribution in [0.4, 0.5) is 0 Å². The van der Waals surface area contributed by atoms with Crippen molar-refractivity contribution in [2.24, 2.45) is 22.2 Å². The minimum absolute atomic E-state index is 0.0272. The third kappa shape index (κ3) is 9.32. The van der Waals surface area contributed by atoms with E-state index in [1.54, 1.807) is 24.3 Å². The number of ketones is 1. The minimum Gasteiger partial charge on any atom is -0.491 e. The van der Waals surface area contributed by atoms with Crippen molar-refractivity contribution in [2.45, 2.75) is 31.8 Å². The number of Topliss-reactive ketones (excluding diaryl/α,β-unsaturated/α-hetero) is 1. The number of amides is 1. The van der Waals surface area contributed by atoms with Crippen molar-refractivity contribution < 1.29 is 34.1 Å². The lowest BCUT2D eigenvalue weighted by Crippen LogP contribution is -2.39. The van der Waals surface area contributed by atoms with E-state index in [9.17, 15) is 19.2 Å². The van der Waals surface area contributed by atoms with Crippen LogP contribution in [0.1, 0.15) is 39.9 Å². The van der Waals surface area contributed by atoms with Crippen molar-refractivity contribution in [3.05, 3.63) is 64.7 Å². The van der Waals surface area contributed by atoms with E-state index in [4.69, 9.17) is 37.6 Å². The molecule has 2 aromatic rings. The molecule has 37 heavy (non-hydrogen) atoms. The van der Waals surface area contributed by atoms with Gasteiger partial charge in [0, 0.05) is 29.5 Å². The highest BCUT2D eigenvalue weighted by Gasteiger charge is 2.20. The summed E-state index contributed by atoms with van der Waals surface area (Å²) in [4.78, 5) is 50.5. The van der Waals surface area contributed by atoms with E-state index in [2.05, 4.69) is 10.3 Å². The first-order valence-electron chi connectivity index (χ1n) is 11.0. The van der Waals surface area contributed by atoms with E-state index in [0.717, 1.165) is 5.56 Å². The van der Waals surface area contributed by atoms with Crippen molar-refractivity contribution in [3.8, 4) is 5.75 Å². The Hall–Kier alpha value is -4.94. The number of carboxylic acids is 2. The number of nitrogens with zero attached hydrogens (tertiary/aromatic N) is 1. The van der Waals surface area contributed by atoms with Crippen LogP contribution in [-0.2, 0) is 27.3 Å². The van der Waals surface area contributed by atoms with Gasteiger partial charge in [-0.15, -0.1) is 0 Å². The zero-order valence-corrected chi connectivity index (χ0v) is 19.8. The highest BCUT2D eigenvalue weighted by atomic mass is 16.5. The number of carbonyl (C=O) groups excluding carboxylic acids is 2. The van der Waals surface area contributed by atoms with E-state index >= 15 is 0 Å². The number of hydrogen-bond donors (Lipinski definition) is 7. The lowest BCUT2D eigenvalue weighted by molar-refractivity contribution is -0.148. The topological polar surface area (TPSA) is 244 Å². The first-order chi connectivity index (χ1) is 17.5. The molecule has 0 aromatic heterocycles. The van der Waals surface area contributed by atoms with Gasteiger partial charge in [0.2, 0.25) is 5.78 Å². The third-order valence-electron chi connectivity index (χ3n) is 5.11. The second kappa shape index (κ2) is 13.2. The summed E-state index contributed by atoms with van der Waals surface area (Å²) in [6, 6.07) is 9.95. The molecular formula is C24H28N6O7. The fourth-order valence-electron chi connectivity index (χ4n) is 3.15. The quantitative estimate of drug-likeness (QED) is 0.101. The number of nitrogens with one attached hydrogen (secondary N) is 2. The smallest absolute Gasteiger partial charge is 0.372 e. The summed E-state index contributed by atoms with van der Waals surface area (Å²) in [7, 11) is 0. The number of benzene rings is 2. The summed E-state index contributed by atoms with van der Waals surface area (Å²) in [6.07, 6.45) is -0.704. The molecule has 0 aliphatic rings. The molecule has 0 spiro atoms. The molecule has 2 aromatic carbocycles. The second-order valence-electron chi connectivity index (χ2n) is 7.99. The van der Waals surface area contributed by atoms with Crippen molar-refractivity contribution in [3.63, 3.8) is 0 Å². The average molecular weight is 513 g/mol. The van der Waals surface area contributed by atoms with Gasteiger partial charge in [0.15, 0.2) is 5.96 Å². The number of rotatable bonds is 14. The predicted molar refractivity (Wildman–Crippen MR) is 133 cm³/mol. The Morgan fingerprint density at radius 1 is 1.00 bits per heavy atom. The van der Waals surface area contributed by atoms with Gasteiger partial charge < -0.3 is 37.5 Å². The molecule has 0 saturated carbocycles. The number of aliphatic carboxylic acids is 2. The van der Waals surface area contributed by atoms with E-state index in [1.165, 1.54) is 18.2 Å². The van der Waals surface area contributed by atoms with Crippen LogP contribution in [0.15, 0.2) is 47.5 Å². The Morgan fingerprint density at radius 2 is 1.65 bits per heavy atom.